The van der Waals surface area contributed by atoms with Crippen LogP contribution >= 0.6 is 22.9 Å². The van der Waals surface area contributed by atoms with Gasteiger partial charge in [0, 0.05) is 40.4 Å². The number of nitrogens with zero attached hydrogens (tertiary/aromatic N) is 2. The number of carbonyl (C=O) groups excluding carboxylic acids is 1. The minimum atomic E-state index is -0.119. The fourth-order valence-corrected chi connectivity index (χ4v) is 4.75. The fourth-order valence-electron chi connectivity index (χ4n) is 3.66. The average Bonchev–Trinajstić information content (AvgIpc) is 3.39. The Morgan fingerprint density at radius 3 is 2.66 bits per heavy atom. The molecule has 3 N–H and O–H groups in total. The van der Waals surface area contributed by atoms with Gasteiger partial charge in [0.2, 0.25) is 0 Å². The first-order valence-corrected chi connectivity index (χ1v) is 11.6. The van der Waals surface area contributed by atoms with Crippen LogP contribution in [0.1, 0.15) is 38.6 Å². The molecule has 0 aliphatic heterocycles. The summed E-state index contributed by atoms with van der Waals surface area (Å²) in [7, 11) is 0. The van der Waals surface area contributed by atoms with E-state index in [1.165, 1.54) is 0 Å². The summed E-state index contributed by atoms with van der Waals surface area (Å²) >= 11 is 7.95. The summed E-state index contributed by atoms with van der Waals surface area (Å²) in [5.41, 5.74) is 12.2. The van der Waals surface area contributed by atoms with Crippen molar-refractivity contribution in [1.29, 1.82) is 0 Å². The Balaban J connectivity index is 1.47. The van der Waals surface area contributed by atoms with E-state index in [9.17, 15) is 4.79 Å². The largest absolute Gasteiger partial charge is 0.348 e. The molecule has 0 fully saturated rings. The average molecular weight is 465 g/mol. The summed E-state index contributed by atoms with van der Waals surface area (Å²) in [6, 6.07) is 17.8. The Bertz CT molecular complexity index is 1250. The SMILES string of the molecule is Cc1cc(C(=O)NCc2ccc(CN)cc2Cl)c(C)n1Cc1csc(-c2ccccc2)n1. The first-order chi connectivity index (χ1) is 15.5. The second-order valence-electron chi connectivity index (χ2n) is 7.69. The van der Waals surface area contributed by atoms with Gasteiger partial charge in [0.05, 0.1) is 17.8 Å². The lowest BCUT2D eigenvalue weighted by Crippen LogP contribution is -2.23. The molecule has 0 aliphatic rings. The van der Waals surface area contributed by atoms with E-state index in [1.54, 1.807) is 11.3 Å². The minimum Gasteiger partial charge on any atom is -0.348 e. The van der Waals surface area contributed by atoms with Gasteiger partial charge < -0.3 is 15.6 Å². The summed E-state index contributed by atoms with van der Waals surface area (Å²) in [5, 5.41) is 6.67. The summed E-state index contributed by atoms with van der Waals surface area (Å²) < 4.78 is 2.13. The molecule has 2 aromatic carbocycles. The van der Waals surface area contributed by atoms with Crippen LogP contribution in [0.4, 0.5) is 0 Å². The van der Waals surface area contributed by atoms with E-state index < -0.39 is 0 Å². The van der Waals surface area contributed by atoms with Crippen LogP contribution in [-0.2, 0) is 19.6 Å². The van der Waals surface area contributed by atoms with E-state index in [1.807, 2.05) is 56.3 Å². The standard InChI is InChI=1S/C25H25ClN4OS/c1-16-10-22(24(31)28-13-20-9-8-18(12-27)11-23(20)26)17(2)30(16)14-21-15-32-25(29-21)19-6-4-3-5-7-19/h3-11,15H,12-14,27H2,1-2H3,(H,28,31). The van der Waals surface area contributed by atoms with Gasteiger partial charge in [-0.2, -0.15) is 0 Å². The maximum atomic E-state index is 12.9. The molecule has 164 valence electrons. The molecule has 0 saturated carbocycles. The number of amides is 1. The van der Waals surface area contributed by atoms with Gasteiger partial charge in [-0.05, 0) is 37.1 Å². The number of nitrogens with one attached hydrogen (secondary N) is 1. The lowest BCUT2D eigenvalue weighted by atomic mass is 10.1. The molecule has 0 aliphatic carbocycles. The van der Waals surface area contributed by atoms with E-state index in [4.69, 9.17) is 22.3 Å². The highest BCUT2D eigenvalue weighted by Gasteiger charge is 2.17. The molecule has 4 aromatic rings. The lowest BCUT2D eigenvalue weighted by Gasteiger charge is -2.10. The molecule has 0 bridgehead atoms. The number of aryl methyl sites for hydroxylation is 1. The number of nitrogens with two attached hydrogens (primary N) is 1. The van der Waals surface area contributed by atoms with E-state index in [2.05, 4.69) is 27.4 Å². The van der Waals surface area contributed by atoms with Gasteiger partial charge in [0.15, 0.2) is 0 Å². The summed E-state index contributed by atoms with van der Waals surface area (Å²) in [6.45, 7) is 5.40. The zero-order chi connectivity index (χ0) is 22.7. The molecule has 7 heteroatoms. The van der Waals surface area contributed by atoms with Crippen LogP contribution in [0.15, 0.2) is 60.0 Å². The monoisotopic (exact) mass is 464 g/mol. The molecule has 4 rings (SSSR count). The van der Waals surface area contributed by atoms with Crippen molar-refractivity contribution in [2.45, 2.75) is 33.5 Å². The summed E-state index contributed by atoms with van der Waals surface area (Å²) in [4.78, 5) is 17.7. The Morgan fingerprint density at radius 2 is 1.94 bits per heavy atom. The smallest absolute Gasteiger partial charge is 0.253 e. The topological polar surface area (TPSA) is 72.9 Å². The zero-order valence-electron chi connectivity index (χ0n) is 18.1. The molecule has 2 heterocycles. The van der Waals surface area contributed by atoms with Crippen molar-refractivity contribution in [3.63, 3.8) is 0 Å². The molecule has 2 aromatic heterocycles. The van der Waals surface area contributed by atoms with Crippen LogP contribution in [0, 0.1) is 13.8 Å². The molecule has 0 spiro atoms. The Kier molecular flexibility index (Phi) is 6.74. The van der Waals surface area contributed by atoms with Gasteiger partial charge in [-0.1, -0.05) is 54.1 Å². The number of hydrogen-bond donors (Lipinski definition) is 2. The number of rotatable bonds is 7. The Labute approximate surface area is 196 Å². The lowest BCUT2D eigenvalue weighted by molar-refractivity contribution is 0.0950. The third-order valence-corrected chi connectivity index (χ3v) is 6.80. The summed E-state index contributed by atoms with van der Waals surface area (Å²) in [5.74, 6) is -0.119. The third kappa shape index (κ3) is 4.78. The van der Waals surface area contributed by atoms with Crippen LogP contribution in [0.3, 0.4) is 0 Å². The van der Waals surface area contributed by atoms with E-state index >= 15 is 0 Å². The highest BCUT2D eigenvalue weighted by Crippen LogP contribution is 2.25. The number of hydrogen-bond acceptors (Lipinski definition) is 4. The van der Waals surface area contributed by atoms with E-state index in [0.717, 1.165) is 38.8 Å². The molecule has 32 heavy (non-hydrogen) atoms. The Morgan fingerprint density at radius 1 is 1.16 bits per heavy atom. The van der Waals surface area contributed by atoms with Crippen molar-refractivity contribution < 1.29 is 4.79 Å². The van der Waals surface area contributed by atoms with Gasteiger partial charge in [0.25, 0.3) is 5.91 Å². The predicted octanol–water partition coefficient (Wildman–Crippen LogP) is 5.32. The van der Waals surface area contributed by atoms with E-state index in [-0.39, 0.29) is 5.91 Å². The second kappa shape index (κ2) is 9.69. The highest BCUT2D eigenvalue weighted by molar-refractivity contribution is 7.13. The molecular weight excluding hydrogens is 440 g/mol. The van der Waals surface area contributed by atoms with Crippen LogP contribution in [0.2, 0.25) is 5.02 Å². The quantitative estimate of drug-likeness (QED) is 0.388. The summed E-state index contributed by atoms with van der Waals surface area (Å²) in [6.07, 6.45) is 0. The Hall–Kier alpha value is -2.93. The molecule has 1 amide bonds. The van der Waals surface area contributed by atoms with Crippen LogP contribution in [-0.4, -0.2) is 15.5 Å². The molecule has 0 radical (unpaired) electrons. The fraction of sp³-hybridized carbons (Fsp3) is 0.200. The maximum Gasteiger partial charge on any atom is 0.253 e. The first kappa shape index (κ1) is 22.3. The van der Waals surface area contributed by atoms with E-state index in [0.29, 0.717) is 30.2 Å². The normalized spacial score (nSPS) is 11.0. The van der Waals surface area contributed by atoms with Crippen molar-refractivity contribution in [2.24, 2.45) is 5.73 Å². The van der Waals surface area contributed by atoms with Crippen molar-refractivity contribution >= 4 is 28.8 Å². The van der Waals surface area contributed by atoms with Gasteiger partial charge in [-0.15, -0.1) is 11.3 Å². The predicted molar refractivity (Wildman–Crippen MR) is 131 cm³/mol. The number of thiazole rings is 1. The molecule has 0 saturated heterocycles. The minimum absolute atomic E-state index is 0.119. The van der Waals surface area contributed by atoms with Gasteiger partial charge in [-0.3, -0.25) is 4.79 Å². The molecular formula is C25H25ClN4OS. The maximum absolute atomic E-state index is 12.9. The molecule has 5 nitrogen and oxygen atoms in total. The van der Waals surface area contributed by atoms with Crippen LogP contribution < -0.4 is 11.1 Å². The molecule has 0 unspecified atom stereocenters. The van der Waals surface area contributed by atoms with Crippen molar-refractivity contribution in [2.75, 3.05) is 0 Å². The van der Waals surface area contributed by atoms with Crippen LogP contribution in [0.5, 0.6) is 0 Å². The highest BCUT2D eigenvalue weighted by atomic mass is 35.5. The van der Waals surface area contributed by atoms with Gasteiger partial charge >= 0.3 is 0 Å². The van der Waals surface area contributed by atoms with Crippen LogP contribution in [0.25, 0.3) is 10.6 Å². The van der Waals surface area contributed by atoms with Gasteiger partial charge in [-0.25, -0.2) is 4.98 Å². The molecule has 0 atom stereocenters. The second-order valence-corrected chi connectivity index (χ2v) is 8.96. The number of halogens is 1. The number of benzene rings is 2. The number of carbonyl (C=O) groups is 1. The van der Waals surface area contributed by atoms with Crippen molar-refractivity contribution in [3.05, 3.63) is 98.8 Å². The zero-order valence-corrected chi connectivity index (χ0v) is 19.6. The van der Waals surface area contributed by atoms with Gasteiger partial charge in [0.1, 0.15) is 5.01 Å². The van der Waals surface area contributed by atoms with Crippen molar-refractivity contribution in [1.82, 2.24) is 14.9 Å². The number of aromatic nitrogens is 2. The first-order valence-electron chi connectivity index (χ1n) is 10.4. The van der Waals surface area contributed by atoms with Crippen molar-refractivity contribution in [3.8, 4) is 10.6 Å². The third-order valence-electron chi connectivity index (χ3n) is 5.50.